The Hall–Kier alpha value is -1.59. The summed E-state index contributed by atoms with van der Waals surface area (Å²) in [5, 5.41) is 9.08. The molecule has 0 radical (unpaired) electrons. The van der Waals surface area contributed by atoms with E-state index < -0.39 is 5.97 Å². The number of aliphatic carboxylic acids is 1. The number of amides is 2. The van der Waals surface area contributed by atoms with Crippen molar-refractivity contribution in [2.45, 2.75) is 57.8 Å². The van der Waals surface area contributed by atoms with Gasteiger partial charge in [0.1, 0.15) is 0 Å². The Labute approximate surface area is 149 Å². The third-order valence-corrected chi connectivity index (χ3v) is 6.32. The van der Waals surface area contributed by atoms with E-state index in [1.54, 1.807) is 0 Å². The minimum Gasteiger partial charge on any atom is -0.481 e. The van der Waals surface area contributed by atoms with E-state index in [0.717, 1.165) is 12.3 Å². The highest BCUT2D eigenvalue weighted by molar-refractivity contribution is 5.81. The average molecular weight is 350 g/mol. The molecule has 3 aliphatic rings. The lowest BCUT2D eigenvalue weighted by Crippen LogP contribution is -2.51. The quantitative estimate of drug-likeness (QED) is 0.824. The zero-order chi connectivity index (χ0) is 17.8. The lowest BCUT2D eigenvalue weighted by Gasteiger charge is -2.36. The van der Waals surface area contributed by atoms with E-state index in [1.807, 2.05) is 9.80 Å². The van der Waals surface area contributed by atoms with Crippen LogP contribution in [0.1, 0.15) is 57.8 Å². The maximum absolute atomic E-state index is 12.6. The molecule has 0 aromatic heterocycles. The molecule has 140 valence electrons. The number of hydrogen-bond donors (Lipinski definition) is 1. The highest BCUT2D eigenvalue weighted by atomic mass is 16.4. The SMILES string of the molecule is O=C(O)[C@@H]1CC[C@H](C(=O)N2CCN(C(=O)CCC3CCCC3)CC2)C1. The zero-order valence-corrected chi connectivity index (χ0v) is 15.0. The van der Waals surface area contributed by atoms with Gasteiger partial charge in [0.25, 0.3) is 0 Å². The Balaban J connectivity index is 1.39. The van der Waals surface area contributed by atoms with E-state index >= 15 is 0 Å². The number of nitrogens with zero attached hydrogens (tertiary/aromatic N) is 2. The average Bonchev–Trinajstić information content (AvgIpc) is 3.30. The minimum absolute atomic E-state index is 0.0850. The van der Waals surface area contributed by atoms with Crippen LogP contribution in [-0.2, 0) is 14.4 Å². The van der Waals surface area contributed by atoms with Crippen LogP contribution in [0.4, 0.5) is 0 Å². The summed E-state index contributed by atoms with van der Waals surface area (Å²) >= 11 is 0. The molecule has 25 heavy (non-hydrogen) atoms. The molecule has 1 aliphatic heterocycles. The van der Waals surface area contributed by atoms with Crippen molar-refractivity contribution in [3.05, 3.63) is 0 Å². The summed E-state index contributed by atoms with van der Waals surface area (Å²) in [5.74, 6) is -0.255. The lowest BCUT2D eigenvalue weighted by molar-refractivity contribution is -0.143. The van der Waals surface area contributed by atoms with Crippen molar-refractivity contribution in [2.75, 3.05) is 26.2 Å². The molecule has 2 saturated carbocycles. The second-order valence-corrected chi connectivity index (χ2v) is 7.94. The number of hydrogen-bond acceptors (Lipinski definition) is 3. The van der Waals surface area contributed by atoms with Gasteiger partial charge in [-0.05, 0) is 31.6 Å². The van der Waals surface area contributed by atoms with Gasteiger partial charge in [-0.3, -0.25) is 14.4 Å². The number of carboxylic acids is 1. The first-order valence-corrected chi connectivity index (χ1v) is 9.84. The van der Waals surface area contributed by atoms with E-state index in [4.69, 9.17) is 5.11 Å². The molecule has 0 unspecified atom stereocenters. The van der Waals surface area contributed by atoms with Gasteiger partial charge in [0.05, 0.1) is 5.92 Å². The molecule has 2 atom stereocenters. The van der Waals surface area contributed by atoms with Gasteiger partial charge in [-0.15, -0.1) is 0 Å². The smallest absolute Gasteiger partial charge is 0.306 e. The molecule has 3 rings (SSSR count). The molecule has 0 aromatic carbocycles. The molecule has 6 nitrogen and oxygen atoms in total. The van der Waals surface area contributed by atoms with Crippen LogP contribution in [0, 0.1) is 17.8 Å². The Morgan fingerprint density at radius 3 is 2.04 bits per heavy atom. The van der Waals surface area contributed by atoms with Gasteiger partial charge in [-0.1, -0.05) is 25.7 Å². The van der Waals surface area contributed by atoms with Crippen LogP contribution in [0.3, 0.4) is 0 Å². The predicted molar refractivity (Wildman–Crippen MR) is 92.8 cm³/mol. The highest BCUT2D eigenvalue weighted by Crippen LogP contribution is 2.32. The number of carbonyl (C=O) groups is 3. The summed E-state index contributed by atoms with van der Waals surface area (Å²) in [6.07, 6.45) is 8.56. The molecule has 3 fully saturated rings. The minimum atomic E-state index is -0.784. The molecule has 0 spiro atoms. The molecular weight excluding hydrogens is 320 g/mol. The standard InChI is InChI=1S/C19H30N2O4/c22-17(8-5-14-3-1-2-4-14)20-9-11-21(12-10-20)18(23)15-6-7-16(13-15)19(24)25/h14-16H,1-13H2,(H,24,25)/t15-,16+/m0/s1. The summed E-state index contributed by atoms with van der Waals surface area (Å²) < 4.78 is 0. The molecule has 0 bridgehead atoms. The third-order valence-electron chi connectivity index (χ3n) is 6.32. The maximum Gasteiger partial charge on any atom is 0.306 e. The van der Waals surface area contributed by atoms with E-state index in [9.17, 15) is 14.4 Å². The van der Waals surface area contributed by atoms with Crippen molar-refractivity contribution in [1.29, 1.82) is 0 Å². The molecule has 1 N–H and O–H groups in total. The fraction of sp³-hybridized carbons (Fsp3) is 0.842. The maximum atomic E-state index is 12.6. The molecule has 1 saturated heterocycles. The number of carboxylic acid groups (broad SMARTS) is 1. The van der Waals surface area contributed by atoms with Crippen molar-refractivity contribution < 1.29 is 19.5 Å². The third kappa shape index (κ3) is 4.53. The van der Waals surface area contributed by atoms with Gasteiger partial charge in [-0.2, -0.15) is 0 Å². The first-order valence-electron chi connectivity index (χ1n) is 9.84. The van der Waals surface area contributed by atoms with E-state index in [0.29, 0.717) is 51.9 Å². The van der Waals surface area contributed by atoms with Crippen molar-refractivity contribution in [3.63, 3.8) is 0 Å². The fourth-order valence-corrected chi connectivity index (χ4v) is 4.65. The first kappa shape index (κ1) is 18.2. The van der Waals surface area contributed by atoms with Gasteiger partial charge in [0.2, 0.25) is 11.8 Å². The Bertz CT molecular complexity index is 508. The van der Waals surface area contributed by atoms with Crippen LogP contribution in [0.25, 0.3) is 0 Å². The van der Waals surface area contributed by atoms with Crippen LogP contribution in [-0.4, -0.2) is 58.9 Å². The van der Waals surface area contributed by atoms with Crippen molar-refractivity contribution in [3.8, 4) is 0 Å². The summed E-state index contributed by atoms with van der Waals surface area (Å²) in [6.45, 7) is 2.40. The predicted octanol–water partition coefficient (Wildman–Crippen LogP) is 2.13. The summed E-state index contributed by atoms with van der Waals surface area (Å²) in [6, 6.07) is 0. The molecule has 1 heterocycles. The van der Waals surface area contributed by atoms with Gasteiger partial charge < -0.3 is 14.9 Å². The van der Waals surface area contributed by atoms with Gasteiger partial charge in [-0.25, -0.2) is 0 Å². The van der Waals surface area contributed by atoms with Crippen molar-refractivity contribution >= 4 is 17.8 Å². The van der Waals surface area contributed by atoms with Crippen LogP contribution >= 0.6 is 0 Å². The molecule has 0 aromatic rings. The number of carbonyl (C=O) groups excluding carboxylic acids is 2. The molecular formula is C19H30N2O4. The van der Waals surface area contributed by atoms with Crippen LogP contribution in [0.15, 0.2) is 0 Å². The van der Waals surface area contributed by atoms with Crippen molar-refractivity contribution in [1.82, 2.24) is 9.80 Å². The topological polar surface area (TPSA) is 77.9 Å². The Kier molecular flexibility index (Phi) is 5.97. The van der Waals surface area contributed by atoms with Crippen molar-refractivity contribution in [2.24, 2.45) is 17.8 Å². The monoisotopic (exact) mass is 350 g/mol. The van der Waals surface area contributed by atoms with Crippen LogP contribution < -0.4 is 0 Å². The zero-order valence-electron chi connectivity index (χ0n) is 15.0. The second kappa shape index (κ2) is 8.19. The summed E-state index contributed by atoms with van der Waals surface area (Å²) in [4.78, 5) is 39.7. The lowest BCUT2D eigenvalue weighted by atomic mass is 10.0. The van der Waals surface area contributed by atoms with Gasteiger partial charge in [0, 0.05) is 38.5 Å². The first-order chi connectivity index (χ1) is 12.0. The van der Waals surface area contributed by atoms with Gasteiger partial charge >= 0.3 is 5.97 Å². The molecule has 2 aliphatic carbocycles. The van der Waals surface area contributed by atoms with E-state index in [-0.39, 0.29) is 23.7 Å². The fourth-order valence-electron chi connectivity index (χ4n) is 4.65. The summed E-state index contributed by atoms with van der Waals surface area (Å²) in [5.41, 5.74) is 0. The van der Waals surface area contributed by atoms with Gasteiger partial charge in [0.15, 0.2) is 0 Å². The number of rotatable bonds is 5. The van der Waals surface area contributed by atoms with Crippen LogP contribution in [0.2, 0.25) is 0 Å². The largest absolute Gasteiger partial charge is 0.481 e. The van der Waals surface area contributed by atoms with E-state index in [2.05, 4.69) is 0 Å². The van der Waals surface area contributed by atoms with Crippen LogP contribution in [0.5, 0.6) is 0 Å². The molecule has 6 heteroatoms. The Morgan fingerprint density at radius 1 is 0.840 bits per heavy atom. The highest BCUT2D eigenvalue weighted by Gasteiger charge is 2.36. The van der Waals surface area contributed by atoms with E-state index in [1.165, 1.54) is 25.7 Å². The normalized spacial score (nSPS) is 27.7. The summed E-state index contributed by atoms with van der Waals surface area (Å²) in [7, 11) is 0. The Morgan fingerprint density at radius 2 is 1.44 bits per heavy atom. The number of piperazine rings is 1. The molecule has 2 amide bonds. The second-order valence-electron chi connectivity index (χ2n) is 7.94.